The summed E-state index contributed by atoms with van der Waals surface area (Å²) >= 11 is 0. The van der Waals surface area contributed by atoms with Gasteiger partial charge in [0.15, 0.2) is 0 Å². The van der Waals surface area contributed by atoms with E-state index in [1.165, 1.54) is 32.0 Å². The van der Waals surface area contributed by atoms with Crippen molar-refractivity contribution < 1.29 is 9.90 Å². The summed E-state index contributed by atoms with van der Waals surface area (Å²) in [7, 11) is 2.19. The fourth-order valence-electron chi connectivity index (χ4n) is 2.59. The van der Waals surface area contributed by atoms with Gasteiger partial charge in [-0.15, -0.1) is 0 Å². The molecule has 1 atom stereocenters. The number of piperidine rings is 1. The predicted octanol–water partition coefficient (Wildman–Crippen LogP) is 1.58. The Balaban J connectivity index is 2.32. The molecule has 1 rings (SSSR count). The van der Waals surface area contributed by atoms with Gasteiger partial charge in [-0.05, 0) is 37.8 Å². The molecule has 2 N–H and O–H groups in total. The summed E-state index contributed by atoms with van der Waals surface area (Å²) in [5.74, 6) is -0.169. The zero-order valence-corrected chi connectivity index (χ0v) is 11.8. The van der Waals surface area contributed by atoms with E-state index in [9.17, 15) is 4.79 Å². The van der Waals surface area contributed by atoms with Crippen molar-refractivity contribution in [1.82, 2.24) is 10.2 Å². The van der Waals surface area contributed by atoms with E-state index in [2.05, 4.69) is 31.1 Å². The second kappa shape index (κ2) is 6.90. The van der Waals surface area contributed by atoms with Gasteiger partial charge in [0.25, 0.3) is 0 Å². The quantitative estimate of drug-likeness (QED) is 0.558. The molecule has 0 amide bonds. The van der Waals surface area contributed by atoms with Crippen LogP contribution in [0.15, 0.2) is 12.2 Å². The Morgan fingerprint density at radius 1 is 1.56 bits per heavy atom. The third-order valence-corrected chi connectivity index (χ3v) is 3.83. The van der Waals surface area contributed by atoms with Crippen LogP contribution in [0.1, 0.15) is 26.7 Å². The molecule has 0 bridgehead atoms. The number of rotatable bonds is 6. The minimum absolute atomic E-state index is 0.256. The van der Waals surface area contributed by atoms with Gasteiger partial charge < -0.3 is 15.3 Å². The largest absolute Gasteiger partial charge is 0.478 e. The Labute approximate surface area is 110 Å². The van der Waals surface area contributed by atoms with Crippen molar-refractivity contribution in [2.45, 2.75) is 26.7 Å². The van der Waals surface area contributed by atoms with Crippen LogP contribution >= 0.6 is 0 Å². The maximum Gasteiger partial charge on any atom is 0.328 e. The summed E-state index contributed by atoms with van der Waals surface area (Å²) in [5.41, 5.74) is 0.256. The summed E-state index contributed by atoms with van der Waals surface area (Å²) in [6.07, 6.45) is 5.42. The van der Waals surface area contributed by atoms with Crippen molar-refractivity contribution in [3.63, 3.8) is 0 Å². The molecule has 0 saturated carbocycles. The van der Waals surface area contributed by atoms with Crippen molar-refractivity contribution in [3.8, 4) is 0 Å². The lowest BCUT2D eigenvalue weighted by Gasteiger charge is -2.40. The van der Waals surface area contributed by atoms with Crippen LogP contribution in [-0.2, 0) is 4.79 Å². The predicted molar refractivity (Wildman–Crippen MR) is 73.6 cm³/mol. The second-order valence-electron chi connectivity index (χ2n) is 5.96. The van der Waals surface area contributed by atoms with Crippen molar-refractivity contribution in [1.29, 1.82) is 0 Å². The number of carbonyl (C=O) groups is 1. The molecule has 1 aliphatic rings. The number of hydrogen-bond acceptors (Lipinski definition) is 3. The molecule has 4 nitrogen and oxygen atoms in total. The van der Waals surface area contributed by atoms with E-state index in [0.29, 0.717) is 12.5 Å². The summed E-state index contributed by atoms with van der Waals surface area (Å²) in [6, 6.07) is 0. The minimum Gasteiger partial charge on any atom is -0.478 e. The molecule has 0 aliphatic carbocycles. The highest BCUT2D eigenvalue weighted by Crippen LogP contribution is 2.32. The topological polar surface area (TPSA) is 52.6 Å². The van der Waals surface area contributed by atoms with Gasteiger partial charge in [-0.25, -0.2) is 4.79 Å². The molecule has 1 fully saturated rings. The van der Waals surface area contributed by atoms with Crippen LogP contribution in [-0.4, -0.2) is 49.2 Å². The smallest absolute Gasteiger partial charge is 0.328 e. The molecule has 0 aromatic carbocycles. The lowest BCUT2D eigenvalue weighted by molar-refractivity contribution is -0.131. The van der Waals surface area contributed by atoms with Gasteiger partial charge in [-0.3, -0.25) is 0 Å². The third-order valence-electron chi connectivity index (χ3n) is 3.83. The van der Waals surface area contributed by atoms with Gasteiger partial charge in [0.1, 0.15) is 0 Å². The van der Waals surface area contributed by atoms with Gasteiger partial charge in [0, 0.05) is 25.7 Å². The highest BCUT2D eigenvalue weighted by atomic mass is 16.4. The summed E-state index contributed by atoms with van der Waals surface area (Å²) in [5, 5.41) is 11.8. The normalized spacial score (nSPS) is 22.5. The highest BCUT2D eigenvalue weighted by Gasteiger charge is 2.31. The molecule has 104 valence electrons. The van der Waals surface area contributed by atoms with Crippen molar-refractivity contribution in [2.24, 2.45) is 11.3 Å². The Kier molecular flexibility index (Phi) is 5.82. The van der Waals surface area contributed by atoms with Crippen molar-refractivity contribution >= 4 is 5.97 Å². The fourth-order valence-corrected chi connectivity index (χ4v) is 2.59. The number of hydrogen-bond donors (Lipinski definition) is 2. The Hall–Kier alpha value is -0.870. The van der Waals surface area contributed by atoms with Crippen LogP contribution in [0.5, 0.6) is 0 Å². The summed E-state index contributed by atoms with van der Waals surface area (Å²) < 4.78 is 0. The van der Waals surface area contributed by atoms with Crippen LogP contribution in [0.25, 0.3) is 0 Å². The number of nitrogens with zero attached hydrogens (tertiary/aromatic N) is 1. The maximum atomic E-state index is 10.3. The van der Waals surface area contributed by atoms with Crippen molar-refractivity contribution in [2.75, 3.05) is 33.2 Å². The van der Waals surface area contributed by atoms with E-state index in [1.807, 2.05) is 0 Å². The maximum absolute atomic E-state index is 10.3. The molecule has 1 heterocycles. The lowest BCUT2D eigenvalue weighted by Crippen LogP contribution is -2.44. The standard InChI is InChI=1S/C14H26N2O2/c1-14(2,11-15-8-4-7-13(17)18)12-6-5-9-16(3)10-12/h4,7,12,15H,5-6,8-11H2,1-3H3,(H,17,18)/b7-4+. The van der Waals surface area contributed by atoms with Crippen LogP contribution in [0.2, 0.25) is 0 Å². The average molecular weight is 254 g/mol. The van der Waals surface area contributed by atoms with Crippen LogP contribution in [0.4, 0.5) is 0 Å². The molecule has 1 saturated heterocycles. The van der Waals surface area contributed by atoms with E-state index in [0.717, 1.165) is 6.54 Å². The molecular weight excluding hydrogens is 228 g/mol. The Bertz CT molecular complexity index is 300. The fraction of sp³-hybridized carbons (Fsp3) is 0.786. The summed E-state index contributed by atoms with van der Waals surface area (Å²) in [6.45, 7) is 8.52. The first-order valence-electron chi connectivity index (χ1n) is 6.70. The number of carboxylic acid groups (broad SMARTS) is 1. The molecule has 18 heavy (non-hydrogen) atoms. The van der Waals surface area contributed by atoms with Gasteiger partial charge in [-0.1, -0.05) is 19.9 Å². The number of nitrogens with one attached hydrogen (secondary N) is 1. The molecule has 0 spiro atoms. The molecule has 0 aromatic rings. The average Bonchev–Trinajstić information content (AvgIpc) is 2.28. The first kappa shape index (κ1) is 15.2. The van der Waals surface area contributed by atoms with Crippen molar-refractivity contribution in [3.05, 3.63) is 12.2 Å². The van der Waals surface area contributed by atoms with E-state index in [4.69, 9.17) is 5.11 Å². The first-order valence-corrected chi connectivity index (χ1v) is 6.70. The summed E-state index contributed by atoms with van der Waals surface area (Å²) in [4.78, 5) is 12.7. The molecule has 1 aliphatic heterocycles. The van der Waals surface area contributed by atoms with Gasteiger partial charge in [-0.2, -0.15) is 0 Å². The van der Waals surface area contributed by atoms with Crippen LogP contribution in [0.3, 0.4) is 0 Å². The van der Waals surface area contributed by atoms with Crippen LogP contribution < -0.4 is 5.32 Å². The van der Waals surface area contributed by atoms with E-state index in [-0.39, 0.29) is 5.41 Å². The SMILES string of the molecule is CN1CCCC(C(C)(C)CNC/C=C/C(=O)O)C1. The molecule has 0 aromatic heterocycles. The highest BCUT2D eigenvalue weighted by molar-refractivity contribution is 5.79. The molecular formula is C14H26N2O2. The zero-order valence-electron chi connectivity index (χ0n) is 11.8. The second-order valence-corrected chi connectivity index (χ2v) is 5.96. The van der Waals surface area contributed by atoms with E-state index >= 15 is 0 Å². The third kappa shape index (κ3) is 5.19. The number of aliphatic carboxylic acids is 1. The van der Waals surface area contributed by atoms with Crippen LogP contribution in [0, 0.1) is 11.3 Å². The Morgan fingerprint density at radius 2 is 2.28 bits per heavy atom. The molecule has 4 heteroatoms. The minimum atomic E-state index is -0.884. The number of likely N-dealkylation sites (tertiary alicyclic amines) is 1. The number of carboxylic acids is 1. The molecule has 1 unspecified atom stereocenters. The van der Waals surface area contributed by atoms with Gasteiger partial charge >= 0.3 is 5.97 Å². The van der Waals surface area contributed by atoms with Gasteiger partial charge in [0.2, 0.25) is 0 Å². The zero-order chi connectivity index (χ0) is 13.6. The molecule has 0 radical (unpaired) electrons. The van der Waals surface area contributed by atoms with E-state index < -0.39 is 5.97 Å². The monoisotopic (exact) mass is 254 g/mol. The van der Waals surface area contributed by atoms with Gasteiger partial charge in [0.05, 0.1) is 0 Å². The Morgan fingerprint density at radius 3 is 2.89 bits per heavy atom. The first-order chi connectivity index (χ1) is 8.42. The van der Waals surface area contributed by atoms with E-state index in [1.54, 1.807) is 6.08 Å². The lowest BCUT2D eigenvalue weighted by atomic mass is 9.74.